The summed E-state index contributed by atoms with van der Waals surface area (Å²) >= 11 is 1.35. The average molecular weight is 254 g/mol. The molecule has 0 aromatic carbocycles. The van der Waals surface area contributed by atoms with E-state index in [1.807, 2.05) is 0 Å². The minimum absolute atomic E-state index is 0.129. The van der Waals surface area contributed by atoms with E-state index in [1.54, 1.807) is 11.4 Å². The van der Waals surface area contributed by atoms with Gasteiger partial charge in [0.15, 0.2) is 0 Å². The van der Waals surface area contributed by atoms with Crippen molar-refractivity contribution in [2.45, 2.75) is 31.8 Å². The van der Waals surface area contributed by atoms with Crippen molar-refractivity contribution in [3.05, 3.63) is 16.3 Å². The Kier molecular flexibility index (Phi) is 4.02. The van der Waals surface area contributed by atoms with Crippen molar-refractivity contribution in [2.75, 3.05) is 12.3 Å². The predicted octanol–water partition coefficient (Wildman–Crippen LogP) is 1.61. The first-order valence-corrected chi connectivity index (χ1v) is 6.85. The van der Waals surface area contributed by atoms with Gasteiger partial charge in [0.2, 0.25) is 0 Å². The van der Waals surface area contributed by atoms with Gasteiger partial charge in [-0.05, 0) is 24.3 Å². The zero-order valence-electron chi connectivity index (χ0n) is 9.69. The fourth-order valence-electron chi connectivity index (χ4n) is 2.23. The second-order valence-corrected chi connectivity index (χ2v) is 5.44. The molecule has 2 unspecified atom stereocenters. The molecule has 1 heterocycles. The number of anilines is 1. The predicted molar refractivity (Wildman–Crippen MR) is 69.0 cm³/mol. The number of hydrogen-bond donors (Lipinski definition) is 3. The normalized spacial score (nSPS) is 24.5. The molecule has 0 spiro atoms. The van der Waals surface area contributed by atoms with E-state index in [4.69, 9.17) is 5.73 Å². The van der Waals surface area contributed by atoms with Crippen LogP contribution < -0.4 is 11.1 Å². The first kappa shape index (κ1) is 12.4. The van der Waals surface area contributed by atoms with Crippen molar-refractivity contribution in [3.8, 4) is 0 Å². The monoisotopic (exact) mass is 254 g/mol. The summed E-state index contributed by atoms with van der Waals surface area (Å²) in [6, 6.07) is 1.73. The second-order valence-electron chi connectivity index (χ2n) is 4.53. The summed E-state index contributed by atoms with van der Waals surface area (Å²) in [4.78, 5) is 12.4. The fraction of sp³-hybridized carbons (Fsp3) is 0.583. The quantitative estimate of drug-likeness (QED) is 0.767. The van der Waals surface area contributed by atoms with Gasteiger partial charge < -0.3 is 16.2 Å². The van der Waals surface area contributed by atoms with Crippen LogP contribution in [0.5, 0.6) is 0 Å². The zero-order valence-corrected chi connectivity index (χ0v) is 10.5. The highest BCUT2D eigenvalue weighted by Crippen LogP contribution is 2.24. The molecule has 0 radical (unpaired) electrons. The van der Waals surface area contributed by atoms with Crippen molar-refractivity contribution < 1.29 is 9.90 Å². The van der Waals surface area contributed by atoms with Crippen LogP contribution in [0, 0.1) is 5.92 Å². The molecule has 1 amide bonds. The molecule has 0 bridgehead atoms. The first-order chi connectivity index (χ1) is 8.18. The summed E-state index contributed by atoms with van der Waals surface area (Å²) in [7, 11) is 0. The second kappa shape index (κ2) is 5.51. The number of aliphatic hydroxyl groups is 1. The molecule has 0 saturated heterocycles. The molecule has 2 rings (SSSR count). The van der Waals surface area contributed by atoms with Crippen LogP contribution in [-0.4, -0.2) is 23.7 Å². The molecule has 1 saturated carbocycles. The molecule has 1 aliphatic carbocycles. The van der Waals surface area contributed by atoms with Gasteiger partial charge in [-0.15, -0.1) is 11.3 Å². The van der Waals surface area contributed by atoms with Gasteiger partial charge >= 0.3 is 0 Å². The summed E-state index contributed by atoms with van der Waals surface area (Å²) in [6.45, 7) is 0.539. The molecule has 1 aliphatic rings. The Bertz CT molecular complexity index is 392. The lowest BCUT2D eigenvalue weighted by Gasteiger charge is -2.27. The van der Waals surface area contributed by atoms with Crippen LogP contribution in [0.1, 0.15) is 35.4 Å². The van der Waals surface area contributed by atoms with Crippen LogP contribution in [0.2, 0.25) is 0 Å². The van der Waals surface area contributed by atoms with E-state index in [-0.39, 0.29) is 17.9 Å². The molecule has 4 N–H and O–H groups in total. The number of nitrogens with one attached hydrogen (secondary N) is 1. The molecular formula is C12H18N2O2S. The highest BCUT2D eigenvalue weighted by Gasteiger charge is 2.23. The number of nitrogen functional groups attached to an aromatic ring is 1. The van der Waals surface area contributed by atoms with Crippen LogP contribution in [0.15, 0.2) is 11.4 Å². The Morgan fingerprint density at radius 3 is 2.94 bits per heavy atom. The maximum absolute atomic E-state index is 11.8. The van der Waals surface area contributed by atoms with E-state index in [1.165, 1.54) is 11.3 Å². The summed E-state index contributed by atoms with van der Waals surface area (Å²) < 4.78 is 0. The fourth-order valence-corrected chi connectivity index (χ4v) is 2.97. The molecule has 17 heavy (non-hydrogen) atoms. The number of aliphatic hydroxyl groups excluding tert-OH is 1. The third-order valence-electron chi connectivity index (χ3n) is 3.30. The number of amides is 1. The summed E-state index contributed by atoms with van der Waals surface area (Å²) in [5.41, 5.74) is 6.20. The van der Waals surface area contributed by atoms with E-state index in [9.17, 15) is 9.90 Å². The van der Waals surface area contributed by atoms with E-state index in [0.29, 0.717) is 17.1 Å². The van der Waals surface area contributed by atoms with Gasteiger partial charge in [-0.2, -0.15) is 0 Å². The number of carbonyl (C=O) groups excluding carboxylic acids is 1. The van der Waals surface area contributed by atoms with Crippen molar-refractivity contribution in [3.63, 3.8) is 0 Å². The average Bonchev–Trinajstić information content (AvgIpc) is 2.74. The molecule has 1 aromatic heterocycles. The SMILES string of the molecule is Nc1ccsc1C(=O)NCC1CCCCC1O. The summed E-state index contributed by atoms with van der Waals surface area (Å²) in [5, 5.41) is 14.5. The molecule has 4 nitrogen and oxygen atoms in total. The first-order valence-electron chi connectivity index (χ1n) is 5.97. The number of carbonyl (C=O) groups is 1. The third kappa shape index (κ3) is 2.98. The maximum atomic E-state index is 11.8. The largest absolute Gasteiger partial charge is 0.397 e. The Morgan fingerprint density at radius 1 is 1.53 bits per heavy atom. The van der Waals surface area contributed by atoms with Crippen molar-refractivity contribution in [2.24, 2.45) is 5.92 Å². The highest BCUT2D eigenvalue weighted by molar-refractivity contribution is 7.12. The van der Waals surface area contributed by atoms with Crippen molar-refractivity contribution >= 4 is 22.9 Å². The molecule has 1 aromatic rings. The molecule has 1 fully saturated rings. The Hall–Kier alpha value is -1.07. The van der Waals surface area contributed by atoms with E-state index in [0.717, 1.165) is 25.7 Å². The van der Waals surface area contributed by atoms with E-state index >= 15 is 0 Å². The summed E-state index contributed by atoms with van der Waals surface area (Å²) in [6.07, 6.45) is 3.79. The van der Waals surface area contributed by atoms with Crippen LogP contribution >= 0.6 is 11.3 Å². The smallest absolute Gasteiger partial charge is 0.263 e. The Morgan fingerprint density at radius 2 is 2.29 bits per heavy atom. The molecule has 5 heteroatoms. The number of nitrogens with two attached hydrogens (primary N) is 1. The standard InChI is InChI=1S/C12H18N2O2S/c13-9-5-6-17-11(9)12(16)14-7-8-3-1-2-4-10(8)15/h5-6,8,10,15H,1-4,7,13H2,(H,14,16). The van der Waals surface area contributed by atoms with Crippen LogP contribution in [0.25, 0.3) is 0 Å². The third-order valence-corrected chi connectivity index (χ3v) is 4.22. The summed E-state index contributed by atoms with van der Waals surface area (Å²) in [5.74, 6) is 0.0594. The molecule has 0 aliphatic heterocycles. The van der Waals surface area contributed by atoms with Crippen LogP contribution in [0.4, 0.5) is 5.69 Å². The topological polar surface area (TPSA) is 75.4 Å². The van der Waals surface area contributed by atoms with E-state index < -0.39 is 0 Å². The Balaban J connectivity index is 1.86. The highest BCUT2D eigenvalue weighted by atomic mass is 32.1. The minimum atomic E-state index is -0.273. The lowest BCUT2D eigenvalue weighted by molar-refractivity contribution is 0.0664. The van der Waals surface area contributed by atoms with E-state index in [2.05, 4.69) is 5.32 Å². The van der Waals surface area contributed by atoms with Gasteiger partial charge in [0.05, 0.1) is 11.8 Å². The molecule has 94 valence electrons. The number of thiophene rings is 1. The van der Waals surface area contributed by atoms with Crippen molar-refractivity contribution in [1.82, 2.24) is 5.32 Å². The van der Waals surface area contributed by atoms with Gasteiger partial charge in [-0.1, -0.05) is 12.8 Å². The lowest BCUT2D eigenvalue weighted by atomic mass is 9.86. The maximum Gasteiger partial charge on any atom is 0.263 e. The number of rotatable bonds is 3. The number of hydrogen-bond acceptors (Lipinski definition) is 4. The van der Waals surface area contributed by atoms with Gasteiger partial charge in [0.1, 0.15) is 4.88 Å². The molecular weight excluding hydrogens is 236 g/mol. The van der Waals surface area contributed by atoms with Gasteiger partial charge in [-0.25, -0.2) is 0 Å². The minimum Gasteiger partial charge on any atom is -0.397 e. The zero-order chi connectivity index (χ0) is 12.3. The Labute approximate surface area is 105 Å². The van der Waals surface area contributed by atoms with Gasteiger partial charge in [0.25, 0.3) is 5.91 Å². The van der Waals surface area contributed by atoms with Crippen LogP contribution in [0.3, 0.4) is 0 Å². The molecule has 2 atom stereocenters. The lowest BCUT2D eigenvalue weighted by Crippen LogP contribution is -2.36. The van der Waals surface area contributed by atoms with Crippen molar-refractivity contribution in [1.29, 1.82) is 0 Å². The van der Waals surface area contributed by atoms with Gasteiger partial charge in [0, 0.05) is 12.5 Å². The van der Waals surface area contributed by atoms with Gasteiger partial charge in [-0.3, -0.25) is 4.79 Å². The van der Waals surface area contributed by atoms with Crippen LogP contribution in [-0.2, 0) is 0 Å².